The van der Waals surface area contributed by atoms with E-state index in [0.29, 0.717) is 5.54 Å². The molecule has 0 aliphatic carbocycles. The van der Waals surface area contributed by atoms with Crippen LogP contribution in [0, 0.1) is 0 Å². The predicted molar refractivity (Wildman–Crippen MR) is 95.0 cm³/mol. The van der Waals surface area contributed by atoms with Gasteiger partial charge in [0.15, 0.2) is 0 Å². The summed E-state index contributed by atoms with van der Waals surface area (Å²) in [7, 11) is 0. The first-order chi connectivity index (χ1) is 10.2. The topological polar surface area (TPSA) is 15.3 Å². The monoisotopic (exact) mass is 296 g/mol. The standard InChI is InChI=1S/C19H40N2/c1-5-8-9-10-11-12-13-16-21-17-19(6-2,7-3)20-15-14-18(21)4/h18,20H,5-17H2,1-4H3. The Kier molecular flexibility index (Phi) is 9.59. The fraction of sp³-hybridized carbons (Fsp3) is 1.00. The van der Waals surface area contributed by atoms with Crippen molar-refractivity contribution >= 4 is 0 Å². The molecule has 0 spiro atoms. The van der Waals surface area contributed by atoms with E-state index in [9.17, 15) is 0 Å². The van der Waals surface area contributed by atoms with Crippen LogP contribution >= 0.6 is 0 Å². The van der Waals surface area contributed by atoms with Crippen LogP contribution in [0.5, 0.6) is 0 Å². The van der Waals surface area contributed by atoms with Crippen LogP contribution in [0.1, 0.15) is 91.9 Å². The molecule has 2 nitrogen and oxygen atoms in total. The summed E-state index contributed by atoms with van der Waals surface area (Å²) in [5.41, 5.74) is 0.367. The van der Waals surface area contributed by atoms with Crippen LogP contribution in [0.15, 0.2) is 0 Å². The van der Waals surface area contributed by atoms with Gasteiger partial charge in [0.05, 0.1) is 0 Å². The lowest BCUT2D eigenvalue weighted by Crippen LogP contribution is -2.51. The van der Waals surface area contributed by atoms with E-state index in [-0.39, 0.29) is 0 Å². The zero-order valence-electron chi connectivity index (χ0n) is 15.2. The van der Waals surface area contributed by atoms with Gasteiger partial charge in [-0.15, -0.1) is 0 Å². The molecule has 0 aromatic rings. The van der Waals surface area contributed by atoms with Gasteiger partial charge in [-0.2, -0.15) is 0 Å². The maximum atomic E-state index is 3.84. The van der Waals surface area contributed by atoms with Crippen molar-refractivity contribution in [2.24, 2.45) is 0 Å². The SMILES string of the molecule is CCCCCCCCCN1CC(CC)(CC)NCCC1C. The molecule has 0 radical (unpaired) electrons. The first-order valence-electron chi connectivity index (χ1n) is 9.66. The molecule has 1 rings (SSSR count). The number of nitrogens with zero attached hydrogens (tertiary/aromatic N) is 1. The normalized spacial score (nSPS) is 23.1. The molecule has 1 fully saturated rings. The van der Waals surface area contributed by atoms with Crippen molar-refractivity contribution in [3.63, 3.8) is 0 Å². The summed E-state index contributed by atoms with van der Waals surface area (Å²) in [6.45, 7) is 13.1. The van der Waals surface area contributed by atoms with E-state index >= 15 is 0 Å². The highest BCUT2D eigenvalue weighted by molar-refractivity contribution is 4.93. The fourth-order valence-electron chi connectivity index (χ4n) is 3.62. The second-order valence-corrected chi connectivity index (χ2v) is 7.14. The van der Waals surface area contributed by atoms with Crippen LogP contribution in [0.2, 0.25) is 0 Å². The molecule has 1 aliphatic heterocycles. The van der Waals surface area contributed by atoms with Gasteiger partial charge in [-0.25, -0.2) is 0 Å². The Labute approximate surface area is 134 Å². The summed E-state index contributed by atoms with van der Waals surface area (Å²) in [5.74, 6) is 0. The van der Waals surface area contributed by atoms with Gasteiger partial charge in [0.2, 0.25) is 0 Å². The molecule has 1 N–H and O–H groups in total. The van der Waals surface area contributed by atoms with E-state index in [4.69, 9.17) is 0 Å². The molecular formula is C19H40N2. The minimum atomic E-state index is 0.367. The van der Waals surface area contributed by atoms with Crippen LogP contribution < -0.4 is 5.32 Å². The van der Waals surface area contributed by atoms with Crippen molar-refractivity contribution in [3.8, 4) is 0 Å². The zero-order chi connectivity index (χ0) is 15.6. The molecular weight excluding hydrogens is 256 g/mol. The Balaban J connectivity index is 2.30. The Morgan fingerprint density at radius 1 is 0.952 bits per heavy atom. The lowest BCUT2D eigenvalue weighted by molar-refractivity contribution is 0.157. The lowest BCUT2D eigenvalue weighted by Gasteiger charge is -2.37. The third-order valence-electron chi connectivity index (χ3n) is 5.59. The summed E-state index contributed by atoms with van der Waals surface area (Å²) in [5, 5.41) is 3.84. The van der Waals surface area contributed by atoms with E-state index in [0.717, 1.165) is 6.04 Å². The Bertz CT molecular complexity index is 248. The number of rotatable bonds is 10. The third kappa shape index (κ3) is 6.69. The first kappa shape index (κ1) is 19.0. The van der Waals surface area contributed by atoms with Crippen LogP contribution in [-0.2, 0) is 0 Å². The van der Waals surface area contributed by atoms with Crippen LogP contribution in [0.4, 0.5) is 0 Å². The number of unbranched alkanes of at least 4 members (excludes halogenated alkanes) is 6. The summed E-state index contributed by atoms with van der Waals surface area (Å²) in [6.07, 6.45) is 13.7. The maximum absolute atomic E-state index is 3.84. The van der Waals surface area contributed by atoms with Gasteiger partial charge in [0.25, 0.3) is 0 Å². The highest BCUT2D eigenvalue weighted by atomic mass is 15.2. The van der Waals surface area contributed by atoms with E-state index in [2.05, 4.69) is 37.9 Å². The van der Waals surface area contributed by atoms with E-state index in [1.165, 1.54) is 83.8 Å². The van der Waals surface area contributed by atoms with Crippen LogP contribution in [0.3, 0.4) is 0 Å². The minimum absolute atomic E-state index is 0.367. The first-order valence-corrected chi connectivity index (χ1v) is 9.66. The van der Waals surface area contributed by atoms with Crippen molar-refractivity contribution < 1.29 is 0 Å². The molecule has 1 aliphatic rings. The summed E-state index contributed by atoms with van der Waals surface area (Å²) in [4.78, 5) is 2.76. The van der Waals surface area contributed by atoms with Gasteiger partial charge < -0.3 is 5.32 Å². The summed E-state index contributed by atoms with van der Waals surface area (Å²) >= 11 is 0. The Hall–Kier alpha value is -0.0800. The van der Waals surface area contributed by atoms with Gasteiger partial charge in [0, 0.05) is 18.1 Å². The molecule has 0 aromatic carbocycles. The Morgan fingerprint density at radius 2 is 1.57 bits per heavy atom. The highest BCUT2D eigenvalue weighted by Crippen LogP contribution is 2.23. The molecule has 2 heteroatoms. The minimum Gasteiger partial charge on any atom is -0.310 e. The Morgan fingerprint density at radius 3 is 2.19 bits per heavy atom. The quantitative estimate of drug-likeness (QED) is 0.572. The molecule has 0 bridgehead atoms. The number of nitrogens with one attached hydrogen (secondary N) is 1. The number of hydrogen-bond acceptors (Lipinski definition) is 2. The van der Waals surface area contributed by atoms with Crippen molar-refractivity contribution in [1.29, 1.82) is 0 Å². The molecule has 126 valence electrons. The van der Waals surface area contributed by atoms with E-state index < -0.39 is 0 Å². The summed E-state index contributed by atoms with van der Waals surface area (Å²) < 4.78 is 0. The number of hydrogen-bond donors (Lipinski definition) is 1. The predicted octanol–water partition coefficient (Wildman–Crippen LogP) is 4.98. The van der Waals surface area contributed by atoms with E-state index in [1.807, 2.05) is 0 Å². The second kappa shape index (κ2) is 10.6. The van der Waals surface area contributed by atoms with Crippen LogP contribution in [0.25, 0.3) is 0 Å². The molecule has 0 amide bonds. The van der Waals surface area contributed by atoms with Gasteiger partial charge in [-0.05, 0) is 45.7 Å². The van der Waals surface area contributed by atoms with Gasteiger partial charge in [-0.1, -0.05) is 59.3 Å². The van der Waals surface area contributed by atoms with Gasteiger partial charge in [0.1, 0.15) is 0 Å². The van der Waals surface area contributed by atoms with Crippen molar-refractivity contribution in [2.75, 3.05) is 19.6 Å². The van der Waals surface area contributed by atoms with Crippen LogP contribution in [-0.4, -0.2) is 36.1 Å². The molecule has 0 aromatic heterocycles. The molecule has 0 saturated carbocycles. The smallest absolute Gasteiger partial charge is 0.0303 e. The lowest BCUT2D eigenvalue weighted by atomic mass is 9.92. The second-order valence-electron chi connectivity index (χ2n) is 7.14. The van der Waals surface area contributed by atoms with E-state index in [1.54, 1.807) is 0 Å². The zero-order valence-corrected chi connectivity index (χ0v) is 15.2. The summed E-state index contributed by atoms with van der Waals surface area (Å²) in [6, 6.07) is 0.748. The van der Waals surface area contributed by atoms with Crippen molar-refractivity contribution in [1.82, 2.24) is 10.2 Å². The van der Waals surface area contributed by atoms with Crippen molar-refractivity contribution in [2.45, 2.75) is 103 Å². The van der Waals surface area contributed by atoms with Crippen molar-refractivity contribution in [3.05, 3.63) is 0 Å². The molecule has 1 atom stereocenters. The largest absolute Gasteiger partial charge is 0.310 e. The maximum Gasteiger partial charge on any atom is 0.0303 e. The fourth-order valence-corrected chi connectivity index (χ4v) is 3.62. The average Bonchev–Trinajstić information content (AvgIpc) is 2.66. The molecule has 1 saturated heterocycles. The van der Waals surface area contributed by atoms with Gasteiger partial charge in [-0.3, -0.25) is 4.90 Å². The van der Waals surface area contributed by atoms with Gasteiger partial charge >= 0.3 is 0 Å². The highest BCUT2D eigenvalue weighted by Gasteiger charge is 2.32. The molecule has 21 heavy (non-hydrogen) atoms. The third-order valence-corrected chi connectivity index (χ3v) is 5.59. The molecule has 1 heterocycles. The average molecular weight is 297 g/mol. The molecule has 1 unspecified atom stereocenters.